The summed E-state index contributed by atoms with van der Waals surface area (Å²) in [6, 6.07) is 18.7. The Morgan fingerprint density at radius 1 is 1.00 bits per heavy atom. The molecule has 0 aliphatic carbocycles. The lowest BCUT2D eigenvalue weighted by Gasteiger charge is -1.93. The first kappa shape index (κ1) is 14.1. The summed E-state index contributed by atoms with van der Waals surface area (Å²) in [4.78, 5) is 4.33. The van der Waals surface area contributed by atoms with Crippen molar-refractivity contribution >= 4 is 33.3 Å². The zero-order chi connectivity index (χ0) is 13.5. The number of hydrogen-bond acceptors (Lipinski definition) is 3. The molecule has 19 heavy (non-hydrogen) atoms. The zero-order valence-corrected chi connectivity index (χ0v) is 12.8. The van der Waals surface area contributed by atoms with Gasteiger partial charge in [-0.25, -0.2) is 4.98 Å². The monoisotopic (exact) mass is 287 g/mol. The van der Waals surface area contributed by atoms with E-state index in [0.29, 0.717) is 0 Å². The lowest BCUT2D eigenvalue weighted by atomic mass is 10.2. The Kier molecular flexibility index (Phi) is 5.43. The lowest BCUT2D eigenvalue weighted by Crippen LogP contribution is -1.74. The Morgan fingerprint density at radius 2 is 1.68 bits per heavy atom. The molecule has 3 heteroatoms. The molecule has 0 atom stereocenters. The molecule has 3 rings (SSSR count). The van der Waals surface area contributed by atoms with E-state index in [0.717, 1.165) is 16.3 Å². The van der Waals surface area contributed by atoms with Gasteiger partial charge in [-0.15, -0.1) is 11.3 Å². The van der Waals surface area contributed by atoms with Crippen molar-refractivity contribution in [3.8, 4) is 0 Å². The van der Waals surface area contributed by atoms with E-state index in [9.17, 15) is 0 Å². The Morgan fingerprint density at radius 3 is 2.37 bits per heavy atom. The second-order valence-electron chi connectivity index (χ2n) is 4.12. The molecular formula is C16H17NS2. The van der Waals surface area contributed by atoms with Crippen molar-refractivity contribution in [3.63, 3.8) is 0 Å². The Labute approximate surface area is 122 Å². The van der Waals surface area contributed by atoms with Crippen LogP contribution in [0.3, 0.4) is 0 Å². The molecule has 1 heterocycles. The molecule has 0 aliphatic rings. The lowest BCUT2D eigenvalue weighted by molar-refractivity contribution is 1.35. The molecule has 1 aromatic heterocycles. The summed E-state index contributed by atoms with van der Waals surface area (Å²) < 4.78 is 1.28. The van der Waals surface area contributed by atoms with Gasteiger partial charge in [-0.3, -0.25) is 0 Å². The van der Waals surface area contributed by atoms with E-state index in [1.54, 1.807) is 11.3 Å². The van der Waals surface area contributed by atoms with E-state index >= 15 is 0 Å². The van der Waals surface area contributed by atoms with Crippen LogP contribution >= 0.6 is 23.1 Å². The van der Waals surface area contributed by atoms with Crippen LogP contribution in [0.25, 0.3) is 10.2 Å². The van der Waals surface area contributed by atoms with Crippen LogP contribution in [0.15, 0.2) is 54.6 Å². The van der Waals surface area contributed by atoms with Gasteiger partial charge in [0, 0.05) is 5.75 Å². The summed E-state index contributed by atoms with van der Waals surface area (Å²) in [5.74, 6) is 1.13. The van der Waals surface area contributed by atoms with Gasteiger partial charge >= 0.3 is 0 Å². The van der Waals surface area contributed by atoms with Crippen molar-refractivity contribution in [1.82, 2.24) is 4.98 Å². The van der Waals surface area contributed by atoms with E-state index in [4.69, 9.17) is 0 Å². The van der Waals surface area contributed by atoms with E-state index in [1.165, 1.54) is 10.3 Å². The Hall–Kier alpha value is -1.32. The summed E-state index contributed by atoms with van der Waals surface area (Å²) >= 11 is 3.60. The van der Waals surface area contributed by atoms with Gasteiger partial charge in [-0.1, -0.05) is 42.5 Å². The first-order valence-corrected chi connectivity index (χ1v) is 8.35. The molecule has 0 radical (unpaired) electrons. The first-order chi connectivity index (χ1) is 9.29. The molecule has 0 spiro atoms. The molecular weight excluding hydrogens is 270 g/mol. The van der Waals surface area contributed by atoms with Crippen LogP contribution in [-0.2, 0) is 5.75 Å². The van der Waals surface area contributed by atoms with Crippen LogP contribution < -0.4 is 0 Å². The standard InChI is InChI=1S/C8H7NS.C8H10S/c1-6-9-7-4-2-3-5-8(7)10-6;1-9-7-8-5-3-2-4-6-8/h2-5H,1H3;2-6H,7H2,1H3. The largest absolute Gasteiger partial charge is 0.242 e. The molecule has 98 valence electrons. The molecule has 1 nitrogen and oxygen atoms in total. The van der Waals surface area contributed by atoms with Crippen LogP contribution in [0.2, 0.25) is 0 Å². The summed E-state index contributed by atoms with van der Waals surface area (Å²) in [6.07, 6.45) is 2.12. The normalized spacial score (nSPS) is 10.0. The summed E-state index contributed by atoms with van der Waals surface area (Å²) in [5.41, 5.74) is 2.52. The fourth-order valence-electron chi connectivity index (χ4n) is 1.73. The molecule has 0 unspecified atom stereocenters. The third kappa shape index (κ3) is 4.37. The van der Waals surface area contributed by atoms with Crippen molar-refractivity contribution in [2.75, 3.05) is 6.26 Å². The highest BCUT2D eigenvalue weighted by Gasteiger charge is 1.95. The van der Waals surface area contributed by atoms with E-state index in [2.05, 4.69) is 41.6 Å². The van der Waals surface area contributed by atoms with Gasteiger partial charge in [-0.05, 0) is 30.9 Å². The number of thioether (sulfide) groups is 1. The van der Waals surface area contributed by atoms with Gasteiger partial charge in [0.2, 0.25) is 0 Å². The average Bonchev–Trinajstić information content (AvgIpc) is 2.81. The number of thiazole rings is 1. The smallest absolute Gasteiger partial charge is 0.0907 e. The zero-order valence-electron chi connectivity index (χ0n) is 11.2. The quantitative estimate of drug-likeness (QED) is 0.646. The number of hydrogen-bond donors (Lipinski definition) is 0. The molecule has 0 bridgehead atoms. The van der Waals surface area contributed by atoms with Crippen LogP contribution in [0.5, 0.6) is 0 Å². The highest BCUT2D eigenvalue weighted by molar-refractivity contribution is 7.97. The van der Waals surface area contributed by atoms with Gasteiger partial charge in [0.05, 0.1) is 15.2 Å². The minimum absolute atomic E-state index is 1.12. The van der Waals surface area contributed by atoms with Crippen LogP contribution in [0, 0.1) is 6.92 Å². The van der Waals surface area contributed by atoms with E-state index in [-0.39, 0.29) is 0 Å². The maximum absolute atomic E-state index is 4.33. The molecule has 0 aliphatic heterocycles. The van der Waals surface area contributed by atoms with Gasteiger partial charge < -0.3 is 0 Å². The number of aryl methyl sites for hydroxylation is 1. The molecule has 3 aromatic rings. The van der Waals surface area contributed by atoms with Crippen molar-refractivity contribution in [3.05, 3.63) is 65.2 Å². The van der Waals surface area contributed by atoms with Gasteiger partial charge in [0.25, 0.3) is 0 Å². The van der Waals surface area contributed by atoms with Crippen LogP contribution in [-0.4, -0.2) is 11.2 Å². The number of rotatable bonds is 2. The minimum atomic E-state index is 1.12. The topological polar surface area (TPSA) is 12.9 Å². The minimum Gasteiger partial charge on any atom is -0.242 e. The van der Waals surface area contributed by atoms with Crippen molar-refractivity contribution in [2.45, 2.75) is 12.7 Å². The second kappa shape index (κ2) is 7.31. The molecule has 0 fully saturated rings. The van der Waals surface area contributed by atoms with Crippen LogP contribution in [0.4, 0.5) is 0 Å². The highest BCUT2D eigenvalue weighted by atomic mass is 32.2. The number of para-hydroxylation sites is 1. The third-order valence-electron chi connectivity index (χ3n) is 2.55. The molecule has 0 amide bonds. The summed E-state index contributed by atoms with van der Waals surface area (Å²) in [6.45, 7) is 2.03. The van der Waals surface area contributed by atoms with Gasteiger partial charge in [0.1, 0.15) is 0 Å². The highest BCUT2D eigenvalue weighted by Crippen LogP contribution is 2.19. The molecule has 0 saturated carbocycles. The number of aromatic nitrogens is 1. The average molecular weight is 287 g/mol. The maximum atomic E-state index is 4.33. The van der Waals surface area contributed by atoms with E-state index < -0.39 is 0 Å². The van der Waals surface area contributed by atoms with Crippen molar-refractivity contribution in [2.24, 2.45) is 0 Å². The number of nitrogens with zero attached hydrogens (tertiary/aromatic N) is 1. The number of fused-ring (bicyclic) bond motifs is 1. The first-order valence-electron chi connectivity index (χ1n) is 6.14. The van der Waals surface area contributed by atoms with Gasteiger partial charge in [0.15, 0.2) is 0 Å². The third-order valence-corrected chi connectivity index (χ3v) is 4.13. The summed E-state index contributed by atoms with van der Waals surface area (Å²) in [7, 11) is 0. The number of benzene rings is 2. The van der Waals surface area contributed by atoms with Crippen LogP contribution in [0.1, 0.15) is 10.6 Å². The van der Waals surface area contributed by atoms with Gasteiger partial charge in [-0.2, -0.15) is 11.8 Å². The fraction of sp³-hybridized carbons (Fsp3) is 0.188. The predicted octanol–water partition coefficient (Wildman–Crippen LogP) is 5.15. The Bertz CT molecular complexity index is 584. The van der Waals surface area contributed by atoms with E-state index in [1.807, 2.05) is 43.0 Å². The summed E-state index contributed by atoms with van der Waals surface area (Å²) in [5, 5.41) is 1.14. The fourth-order valence-corrected chi connectivity index (χ4v) is 3.08. The maximum Gasteiger partial charge on any atom is 0.0907 e. The second-order valence-corrected chi connectivity index (χ2v) is 6.22. The Balaban J connectivity index is 0.000000141. The van der Waals surface area contributed by atoms with Crippen molar-refractivity contribution < 1.29 is 0 Å². The molecule has 0 saturated heterocycles. The van der Waals surface area contributed by atoms with Crippen molar-refractivity contribution in [1.29, 1.82) is 0 Å². The molecule has 2 aromatic carbocycles. The SMILES string of the molecule is CSCc1ccccc1.Cc1nc2ccccc2s1. The molecule has 0 N–H and O–H groups in total. The predicted molar refractivity (Wildman–Crippen MR) is 88.0 cm³/mol.